The van der Waals surface area contributed by atoms with E-state index in [1.165, 1.54) is 0 Å². The van der Waals surface area contributed by atoms with Crippen LogP contribution in [0.4, 0.5) is 0 Å². The monoisotopic (exact) mass is 271 g/mol. The molecule has 5 heteroatoms. The normalized spacial score (nSPS) is 21.8. The zero-order chi connectivity index (χ0) is 13.3. The molecule has 0 aromatic carbocycles. The molecule has 1 aliphatic heterocycles. The van der Waals surface area contributed by atoms with Crippen LogP contribution in [-0.4, -0.2) is 40.5 Å². The lowest BCUT2D eigenvalue weighted by Gasteiger charge is -2.34. The summed E-state index contributed by atoms with van der Waals surface area (Å²) in [7, 11) is 1.88. The highest BCUT2D eigenvalue weighted by Crippen LogP contribution is 2.22. The quantitative estimate of drug-likeness (QED) is 0.845. The topological polar surface area (TPSA) is 30.3 Å². The molecule has 18 heavy (non-hydrogen) atoms. The minimum atomic E-state index is 0.328. The van der Waals surface area contributed by atoms with Crippen molar-refractivity contribution in [3.63, 3.8) is 0 Å². The third kappa shape index (κ3) is 2.87. The van der Waals surface area contributed by atoms with Gasteiger partial charge in [0.1, 0.15) is 5.15 Å². The minimum Gasteiger partial charge on any atom is -0.375 e. The molecular weight excluding hydrogens is 250 g/mol. The maximum atomic E-state index is 6.27. The van der Waals surface area contributed by atoms with Crippen LogP contribution in [0.15, 0.2) is 0 Å². The summed E-state index contributed by atoms with van der Waals surface area (Å²) in [5.41, 5.74) is 2.17. The van der Waals surface area contributed by atoms with Crippen LogP contribution < -0.4 is 0 Å². The van der Waals surface area contributed by atoms with Gasteiger partial charge < -0.3 is 4.74 Å². The van der Waals surface area contributed by atoms with E-state index in [4.69, 9.17) is 16.3 Å². The average Bonchev–Trinajstić information content (AvgIpc) is 2.56. The van der Waals surface area contributed by atoms with Crippen molar-refractivity contribution in [1.82, 2.24) is 14.7 Å². The van der Waals surface area contributed by atoms with Crippen LogP contribution in [0.1, 0.15) is 25.1 Å². The van der Waals surface area contributed by atoms with Crippen LogP contribution in [-0.2, 0) is 18.3 Å². The Hall–Kier alpha value is -0.580. The smallest absolute Gasteiger partial charge is 0.131 e. The highest BCUT2D eigenvalue weighted by Gasteiger charge is 2.24. The molecule has 4 nitrogen and oxygen atoms in total. The second kappa shape index (κ2) is 5.59. The molecule has 0 saturated carbocycles. The molecule has 2 heterocycles. The molecule has 1 aromatic heterocycles. The van der Waals surface area contributed by atoms with Crippen molar-refractivity contribution in [3.8, 4) is 0 Å². The zero-order valence-electron chi connectivity index (χ0n) is 11.6. The number of ether oxygens (including phenoxy) is 1. The molecule has 102 valence electrons. The first-order chi connectivity index (χ1) is 8.49. The zero-order valence-corrected chi connectivity index (χ0v) is 12.4. The Bertz CT molecular complexity index is 417. The van der Waals surface area contributed by atoms with Crippen LogP contribution >= 0.6 is 11.6 Å². The van der Waals surface area contributed by atoms with Crippen molar-refractivity contribution in [2.24, 2.45) is 13.0 Å². The van der Waals surface area contributed by atoms with Crippen molar-refractivity contribution in [2.75, 3.05) is 19.7 Å². The number of rotatable bonds is 3. The first-order valence-electron chi connectivity index (χ1n) is 6.51. The molecular formula is C13H22ClN3O. The summed E-state index contributed by atoms with van der Waals surface area (Å²) >= 11 is 6.27. The predicted octanol–water partition coefficient (Wildman–Crippen LogP) is 2.24. The van der Waals surface area contributed by atoms with Crippen molar-refractivity contribution in [2.45, 2.75) is 33.4 Å². The molecule has 1 fully saturated rings. The molecule has 0 aliphatic carbocycles. The van der Waals surface area contributed by atoms with E-state index in [-0.39, 0.29) is 0 Å². The van der Waals surface area contributed by atoms with E-state index < -0.39 is 0 Å². The minimum absolute atomic E-state index is 0.328. The molecule has 1 aromatic rings. The van der Waals surface area contributed by atoms with E-state index in [0.29, 0.717) is 12.0 Å². The molecule has 1 atom stereocenters. The van der Waals surface area contributed by atoms with Crippen molar-refractivity contribution in [1.29, 1.82) is 0 Å². The first-order valence-corrected chi connectivity index (χ1v) is 6.88. The standard InChI is InChI=1S/C13H22ClN3O/c1-9(2)12-8-17(5-6-18-12)7-11-10(3)15-16(4)13(11)14/h9,12H,5-8H2,1-4H3/t12-/m1/s1. The fourth-order valence-electron chi connectivity index (χ4n) is 2.36. The van der Waals surface area contributed by atoms with E-state index in [9.17, 15) is 0 Å². The van der Waals surface area contributed by atoms with Crippen molar-refractivity contribution >= 4 is 11.6 Å². The molecule has 0 N–H and O–H groups in total. The summed E-state index contributed by atoms with van der Waals surface area (Å²) in [6, 6.07) is 0. The van der Waals surface area contributed by atoms with Gasteiger partial charge in [-0.15, -0.1) is 0 Å². The molecule has 0 amide bonds. The lowest BCUT2D eigenvalue weighted by Crippen LogP contribution is -2.44. The summed E-state index contributed by atoms with van der Waals surface area (Å²) in [6.07, 6.45) is 0.328. The SMILES string of the molecule is Cc1nn(C)c(Cl)c1CN1CCO[C@@H](C(C)C)C1. The largest absolute Gasteiger partial charge is 0.375 e. The third-order valence-corrected chi connectivity index (χ3v) is 4.05. The van der Waals surface area contributed by atoms with Gasteiger partial charge in [0.05, 0.1) is 18.4 Å². The van der Waals surface area contributed by atoms with Crippen LogP contribution in [0.3, 0.4) is 0 Å². The van der Waals surface area contributed by atoms with Gasteiger partial charge in [-0.1, -0.05) is 25.4 Å². The Labute approximate surface area is 114 Å². The van der Waals surface area contributed by atoms with Gasteiger partial charge in [0.15, 0.2) is 0 Å². The Morgan fingerprint density at radius 1 is 1.50 bits per heavy atom. The van der Waals surface area contributed by atoms with Crippen LogP contribution in [0, 0.1) is 12.8 Å². The highest BCUT2D eigenvalue weighted by molar-refractivity contribution is 6.30. The van der Waals surface area contributed by atoms with Gasteiger partial charge in [-0.25, -0.2) is 0 Å². The summed E-state index contributed by atoms with van der Waals surface area (Å²) < 4.78 is 7.52. The Morgan fingerprint density at radius 3 is 2.78 bits per heavy atom. The average molecular weight is 272 g/mol. The predicted molar refractivity (Wildman–Crippen MR) is 72.8 cm³/mol. The number of hydrogen-bond donors (Lipinski definition) is 0. The molecule has 1 saturated heterocycles. The number of hydrogen-bond acceptors (Lipinski definition) is 3. The highest BCUT2D eigenvalue weighted by atomic mass is 35.5. The Kier molecular flexibility index (Phi) is 4.30. The van der Waals surface area contributed by atoms with Crippen molar-refractivity contribution in [3.05, 3.63) is 16.4 Å². The molecule has 0 bridgehead atoms. The fraction of sp³-hybridized carbons (Fsp3) is 0.769. The van der Waals surface area contributed by atoms with Gasteiger partial charge in [0, 0.05) is 32.2 Å². The van der Waals surface area contributed by atoms with Crippen LogP contribution in [0.2, 0.25) is 5.15 Å². The molecule has 2 rings (SSSR count). The summed E-state index contributed by atoms with van der Waals surface area (Å²) in [6.45, 7) is 10.0. The third-order valence-electron chi connectivity index (χ3n) is 3.57. The van der Waals surface area contributed by atoms with Gasteiger partial charge in [-0.2, -0.15) is 5.10 Å². The summed E-state index contributed by atoms with van der Waals surface area (Å²) in [5, 5.41) is 5.11. The van der Waals surface area contributed by atoms with E-state index in [1.54, 1.807) is 4.68 Å². The number of aryl methyl sites for hydroxylation is 2. The molecule has 1 aliphatic rings. The summed E-state index contributed by atoms with van der Waals surface area (Å²) in [4.78, 5) is 2.41. The van der Waals surface area contributed by atoms with Crippen LogP contribution in [0.5, 0.6) is 0 Å². The first kappa shape index (κ1) is 13.8. The second-order valence-electron chi connectivity index (χ2n) is 5.37. The second-order valence-corrected chi connectivity index (χ2v) is 5.72. The molecule has 0 spiro atoms. The fourth-order valence-corrected chi connectivity index (χ4v) is 2.59. The lowest BCUT2D eigenvalue weighted by atomic mass is 10.1. The number of halogens is 1. The van der Waals surface area contributed by atoms with Gasteiger partial charge in [0.2, 0.25) is 0 Å². The molecule has 0 radical (unpaired) electrons. The van der Waals surface area contributed by atoms with Gasteiger partial charge >= 0.3 is 0 Å². The van der Waals surface area contributed by atoms with Crippen molar-refractivity contribution < 1.29 is 4.74 Å². The van der Waals surface area contributed by atoms with Gasteiger partial charge in [-0.05, 0) is 12.8 Å². The van der Waals surface area contributed by atoms with E-state index in [2.05, 4.69) is 23.8 Å². The Morgan fingerprint density at radius 2 is 2.22 bits per heavy atom. The Balaban J connectivity index is 2.05. The van der Waals surface area contributed by atoms with E-state index in [0.717, 1.165) is 42.7 Å². The number of aromatic nitrogens is 2. The maximum absolute atomic E-state index is 6.27. The molecule has 0 unspecified atom stereocenters. The number of nitrogens with zero attached hydrogens (tertiary/aromatic N) is 3. The van der Waals surface area contributed by atoms with Crippen LogP contribution in [0.25, 0.3) is 0 Å². The summed E-state index contributed by atoms with van der Waals surface area (Å²) in [5.74, 6) is 0.554. The maximum Gasteiger partial charge on any atom is 0.131 e. The lowest BCUT2D eigenvalue weighted by molar-refractivity contribution is -0.0529. The van der Waals surface area contributed by atoms with E-state index in [1.807, 2.05) is 14.0 Å². The van der Waals surface area contributed by atoms with Gasteiger partial charge in [-0.3, -0.25) is 9.58 Å². The number of morpholine rings is 1. The van der Waals surface area contributed by atoms with Gasteiger partial charge in [0.25, 0.3) is 0 Å². The van der Waals surface area contributed by atoms with E-state index >= 15 is 0 Å².